The fraction of sp³-hybridized carbons (Fsp3) is 0.286. The van der Waals surface area contributed by atoms with Gasteiger partial charge in [-0.1, -0.05) is 29.8 Å². The van der Waals surface area contributed by atoms with Crippen molar-refractivity contribution in [3.63, 3.8) is 0 Å². The molecule has 0 spiro atoms. The van der Waals surface area contributed by atoms with E-state index in [1.807, 2.05) is 16.8 Å². The molecule has 0 unspecified atom stereocenters. The first kappa shape index (κ1) is 24.3. The molecular weight excluding hydrogens is 527 g/mol. The third-order valence-corrected chi connectivity index (χ3v) is 7.72. The lowest BCUT2D eigenvalue weighted by Crippen LogP contribution is -2.45. The van der Waals surface area contributed by atoms with Gasteiger partial charge in [0.25, 0.3) is 11.8 Å². The van der Waals surface area contributed by atoms with Crippen LogP contribution < -0.4 is 0 Å². The van der Waals surface area contributed by atoms with Gasteiger partial charge < -0.3 is 18.8 Å². The minimum atomic E-state index is -1.05. The van der Waals surface area contributed by atoms with E-state index in [1.165, 1.54) is 18.5 Å². The Morgan fingerprint density at radius 1 is 1.03 bits per heavy atom. The van der Waals surface area contributed by atoms with Crippen molar-refractivity contribution in [3.8, 4) is 0 Å². The van der Waals surface area contributed by atoms with E-state index in [-0.39, 0.29) is 16.1 Å². The summed E-state index contributed by atoms with van der Waals surface area (Å²) in [4.78, 5) is 37.0. The van der Waals surface area contributed by atoms with Crippen LogP contribution in [0, 0.1) is 5.82 Å². The smallest absolute Gasteiger partial charge is 0.262 e. The van der Waals surface area contributed by atoms with Crippen molar-refractivity contribution in [1.29, 1.82) is 0 Å². The number of amides is 2. The van der Waals surface area contributed by atoms with E-state index in [4.69, 9.17) is 25.8 Å². The molecular formula is C28H22ClFN4O5. The summed E-state index contributed by atoms with van der Waals surface area (Å²) in [6, 6.07) is 11.6. The molecule has 0 bridgehead atoms. The highest BCUT2D eigenvalue weighted by Gasteiger charge is 2.60. The Hall–Kier alpha value is -3.70. The lowest BCUT2D eigenvalue weighted by Gasteiger charge is -2.34. The lowest BCUT2D eigenvalue weighted by atomic mass is 9.94. The molecule has 0 N–H and O–H groups in total. The van der Waals surface area contributed by atoms with Gasteiger partial charge in [0.05, 0.1) is 22.2 Å². The number of benzene rings is 2. The SMILES string of the molecule is CC1(C)O[C@H]2[C@@H](O1)[C@H](n1ccc3cncnc31)O[C@@H]2[C@@H](c1ccc(Cl)c(F)c1)N1C(=O)c2ccccc2C1=O. The second kappa shape index (κ2) is 8.65. The van der Waals surface area contributed by atoms with Gasteiger partial charge in [-0.05, 0) is 49.7 Å². The maximum Gasteiger partial charge on any atom is 0.262 e. The quantitative estimate of drug-likeness (QED) is 0.342. The van der Waals surface area contributed by atoms with Crippen molar-refractivity contribution in [2.24, 2.45) is 0 Å². The van der Waals surface area contributed by atoms with E-state index in [2.05, 4.69) is 9.97 Å². The van der Waals surface area contributed by atoms with Crippen LogP contribution in [0.5, 0.6) is 0 Å². The number of hydrogen-bond acceptors (Lipinski definition) is 7. The molecule has 11 heteroatoms. The molecule has 2 fully saturated rings. The lowest BCUT2D eigenvalue weighted by molar-refractivity contribution is -0.201. The predicted octanol–water partition coefficient (Wildman–Crippen LogP) is 4.68. The fourth-order valence-electron chi connectivity index (χ4n) is 5.83. The Balaban J connectivity index is 1.38. The third-order valence-electron chi connectivity index (χ3n) is 7.42. The summed E-state index contributed by atoms with van der Waals surface area (Å²) in [6.45, 7) is 3.57. The van der Waals surface area contributed by atoms with E-state index < -0.39 is 54.0 Å². The summed E-state index contributed by atoms with van der Waals surface area (Å²) in [5.41, 5.74) is 1.50. The molecule has 0 radical (unpaired) electrons. The predicted molar refractivity (Wildman–Crippen MR) is 136 cm³/mol. The molecule has 2 aromatic carbocycles. The topological polar surface area (TPSA) is 95.8 Å². The van der Waals surface area contributed by atoms with Gasteiger partial charge in [0, 0.05) is 17.8 Å². The van der Waals surface area contributed by atoms with Gasteiger partial charge in [-0.3, -0.25) is 14.5 Å². The number of rotatable bonds is 4. The molecule has 0 aliphatic carbocycles. The number of carbonyl (C=O) groups is 2. The van der Waals surface area contributed by atoms with E-state index >= 15 is 0 Å². The van der Waals surface area contributed by atoms with Crippen LogP contribution in [0.25, 0.3) is 11.0 Å². The Labute approximate surface area is 227 Å². The number of hydrogen-bond donors (Lipinski definition) is 0. The second-order valence-corrected chi connectivity index (χ2v) is 10.6. The Bertz CT molecular complexity index is 1620. The summed E-state index contributed by atoms with van der Waals surface area (Å²) in [6.07, 6.45) is 1.99. The number of fused-ring (bicyclic) bond motifs is 3. The zero-order chi connectivity index (χ0) is 27.1. The molecule has 9 nitrogen and oxygen atoms in total. The zero-order valence-corrected chi connectivity index (χ0v) is 21.6. The van der Waals surface area contributed by atoms with Crippen LogP contribution in [0.15, 0.2) is 67.3 Å². The molecule has 4 aromatic rings. The van der Waals surface area contributed by atoms with Gasteiger partial charge in [0.2, 0.25) is 0 Å². The molecule has 5 atom stereocenters. The number of ether oxygens (including phenoxy) is 3. The van der Waals surface area contributed by atoms with Crippen molar-refractivity contribution in [1.82, 2.24) is 19.4 Å². The summed E-state index contributed by atoms with van der Waals surface area (Å²) in [5.74, 6) is -2.67. The minimum absolute atomic E-state index is 0.0805. The Morgan fingerprint density at radius 3 is 2.46 bits per heavy atom. The summed E-state index contributed by atoms with van der Waals surface area (Å²) in [5, 5.41) is 0.721. The number of imide groups is 1. The van der Waals surface area contributed by atoms with Gasteiger partial charge >= 0.3 is 0 Å². The zero-order valence-electron chi connectivity index (χ0n) is 20.8. The van der Waals surface area contributed by atoms with Crippen molar-refractivity contribution in [2.45, 2.75) is 50.2 Å². The monoisotopic (exact) mass is 548 g/mol. The molecule has 198 valence electrons. The maximum atomic E-state index is 14.8. The number of carbonyl (C=O) groups excluding carboxylic acids is 2. The minimum Gasteiger partial charge on any atom is -0.346 e. The van der Waals surface area contributed by atoms with E-state index in [1.54, 1.807) is 50.4 Å². The number of nitrogens with zero attached hydrogens (tertiary/aromatic N) is 4. The van der Waals surface area contributed by atoms with Crippen LogP contribution in [0.2, 0.25) is 5.02 Å². The largest absolute Gasteiger partial charge is 0.346 e. The highest BCUT2D eigenvalue weighted by Crippen LogP contribution is 2.49. The van der Waals surface area contributed by atoms with Crippen molar-refractivity contribution in [3.05, 3.63) is 94.8 Å². The Kier molecular flexibility index (Phi) is 5.40. The average Bonchev–Trinajstić information content (AvgIpc) is 3.63. The van der Waals surface area contributed by atoms with Crippen LogP contribution in [-0.4, -0.2) is 55.3 Å². The first-order valence-electron chi connectivity index (χ1n) is 12.4. The van der Waals surface area contributed by atoms with Gasteiger partial charge in [-0.2, -0.15) is 0 Å². The molecule has 3 aliphatic heterocycles. The molecule has 2 aromatic heterocycles. The van der Waals surface area contributed by atoms with Gasteiger partial charge in [-0.25, -0.2) is 14.4 Å². The van der Waals surface area contributed by atoms with Crippen LogP contribution >= 0.6 is 11.6 Å². The molecule has 2 saturated heterocycles. The number of aromatic nitrogens is 3. The first-order chi connectivity index (χ1) is 18.7. The molecule has 0 saturated carbocycles. The van der Waals surface area contributed by atoms with Crippen LogP contribution in [-0.2, 0) is 14.2 Å². The highest BCUT2D eigenvalue weighted by atomic mass is 35.5. The van der Waals surface area contributed by atoms with Gasteiger partial charge in [-0.15, -0.1) is 0 Å². The first-order valence-corrected chi connectivity index (χ1v) is 12.8. The summed E-state index contributed by atoms with van der Waals surface area (Å²) in [7, 11) is 0. The molecule has 39 heavy (non-hydrogen) atoms. The normalized spacial score (nSPS) is 26.3. The average molecular weight is 549 g/mol. The van der Waals surface area contributed by atoms with Gasteiger partial charge in [0.1, 0.15) is 36.1 Å². The maximum absolute atomic E-state index is 14.8. The van der Waals surface area contributed by atoms with Crippen LogP contribution in [0.1, 0.15) is 52.4 Å². The molecule has 5 heterocycles. The number of halogens is 2. The van der Waals surface area contributed by atoms with Crippen LogP contribution in [0.3, 0.4) is 0 Å². The Morgan fingerprint density at radius 2 is 1.74 bits per heavy atom. The third kappa shape index (κ3) is 3.70. The second-order valence-electron chi connectivity index (χ2n) is 10.2. The standard InChI is InChI=1S/C28H22ClFN4O5/c1-28(2)38-22-21(37-27(23(22)39-28)33-10-9-15-12-31-13-32-24(15)33)20(14-7-8-18(29)19(30)11-14)34-25(35)16-5-3-4-6-17(16)26(34)36/h3-13,20-23,27H,1-2H3/t20-,21-,22-,23-,27-/m1/s1. The van der Waals surface area contributed by atoms with E-state index in [0.29, 0.717) is 11.2 Å². The van der Waals surface area contributed by atoms with Gasteiger partial charge in [0.15, 0.2) is 12.0 Å². The van der Waals surface area contributed by atoms with Crippen LogP contribution in [0.4, 0.5) is 4.39 Å². The van der Waals surface area contributed by atoms with E-state index in [0.717, 1.165) is 10.3 Å². The van der Waals surface area contributed by atoms with Crippen molar-refractivity contribution >= 4 is 34.4 Å². The summed E-state index contributed by atoms with van der Waals surface area (Å²) >= 11 is 5.99. The highest BCUT2D eigenvalue weighted by molar-refractivity contribution is 6.30. The fourth-order valence-corrected chi connectivity index (χ4v) is 5.95. The molecule has 7 rings (SSSR count). The molecule has 3 aliphatic rings. The van der Waals surface area contributed by atoms with E-state index in [9.17, 15) is 14.0 Å². The van der Waals surface area contributed by atoms with Crippen molar-refractivity contribution in [2.75, 3.05) is 0 Å². The molecule has 2 amide bonds. The van der Waals surface area contributed by atoms with Crippen molar-refractivity contribution < 1.29 is 28.2 Å². The summed E-state index contributed by atoms with van der Waals surface area (Å²) < 4.78 is 35.9.